The second-order valence-electron chi connectivity index (χ2n) is 5.76. The topological polar surface area (TPSA) is 49.5 Å². The third kappa shape index (κ3) is 3.71. The first-order valence-corrected chi connectivity index (χ1v) is 7.38. The number of benzene rings is 1. The summed E-state index contributed by atoms with van der Waals surface area (Å²) < 4.78 is 0. The van der Waals surface area contributed by atoms with Crippen LogP contribution >= 0.6 is 0 Å². The number of hydrogen-bond donors (Lipinski definition) is 2. The number of phenols is 1. The molecule has 1 fully saturated rings. The van der Waals surface area contributed by atoms with Crippen molar-refractivity contribution in [3.05, 3.63) is 29.3 Å². The lowest BCUT2D eigenvalue weighted by Gasteiger charge is -2.35. The van der Waals surface area contributed by atoms with E-state index in [1.807, 2.05) is 6.07 Å². The van der Waals surface area contributed by atoms with E-state index in [1.54, 1.807) is 6.07 Å². The Hall–Kier alpha value is -1.06. The zero-order valence-corrected chi connectivity index (χ0v) is 12.1. The maximum atomic E-state index is 9.97. The molecule has 0 unspecified atom stereocenters. The van der Waals surface area contributed by atoms with E-state index in [4.69, 9.17) is 5.73 Å². The van der Waals surface area contributed by atoms with Crippen LogP contribution in [0.2, 0.25) is 0 Å². The fourth-order valence-corrected chi connectivity index (χ4v) is 3.03. The standard InChI is InChI=1S/C16H26N2O/c1-3-18(15-7-5-14(17)6-8-15)11-13-10-12(2)4-9-16(13)19/h4,9-10,14-15,19H,3,5-8,11,17H2,1-2H3. The van der Waals surface area contributed by atoms with Gasteiger partial charge >= 0.3 is 0 Å². The third-order valence-electron chi connectivity index (χ3n) is 4.27. The minimum atomic E-state index is 0.391. The van der Waals surface area contributed by atoms with Gasteiger partial charge in [0.05, 0.1) is 0 Å². The molecule has 0 aliphatic heterocycles. The third-order valence-corrected chi connectivity index (χ3v) is 4.27. The van der Waals surface area contributed by atoms with Crippen molar-refractivity contribution in [2.75, 3.05) is 6.54 Å². The molecule has 1 aromatic rings. The number of nitrogens with two attached hydrogens (primary N) is 1. The van der Waals surface area contributed by atoms with Gasteiger partial charge < -0.3 is 10.8 Å². The van der Waals surface area contributed by atoms with Crippen LogP contribution in [0.1, 0.15) is 43.7 Å². The molecule has 1 aromatic carbocycles. The van der Waals surface area contributed by atoms with Crippen molar-refractivity contribution in [3.63, 3.8) is 0 Å². The average molecular weight is 262 g/mol. The lowest BCUT2D eigenvalue weighted by molar-refractivity contribution is 0.148. The van der Waals surface area contributed by atoms with E-state index in [9.17, 15) is 5.11 Å². The molecular formula is C16H26N2O. The molecule has 3 nitrogen and oxygen atoms in total. The van der Waals surface area contributed by atoms with Gasteiger partial charge in [0.15, 0.2) is 0 Å². The van der Waals surface area contributed by atoms with Gasteiger partial charge in [0.1, 0.15) is 5.75 Å². The van der Waals surface area contributed by atoms with Crippen LogP contribution in [0.4, 0.5) is 0 Å². The molecule has 0 heterocycles. The smallest absolute Gasteiger partial charge is 0.120 e. The largest absolute Gasteiger partial charge is 0.508 e. The van der Waals surface area contributed by atoms with Gasteiger partial charge in [-0.15, -0.1) is 0 Å². The lowest BCUT2D eigenvalue weighted by Crippen LogP contribution is -2.40. The zero-order chi connectivity index (χ0) is 13.8. The molecule has 1 saturated carbocycles. The Kier molecular flexibility index (Phi) is 4.83. The van der Waals surface area contributed by atoms with Gasteiger partial charge in [-0.05, 0) is 45.2 Å². The molecule has 1 aliphatic carbocycles. The summed E-state index contributed by atoms with van der Waals surface area (Å²) in [5.74, 6) is 0.413. The predicted molar refractivity (Wildman–Crippen MR) is 79.2 cm³/mol. The normalized spacial score (nSPS) is 23.8. The van der Waals surface area contributed by atoms with Gasteiger partial charge in [0.25, 0.3) is 0 Å². The number of nitrogens with zero attached hydrogens (tertiary/aromatic N) is 1. The molecule has 0 amide bonds. The van der Waals surface area contributed by atoms with Gasteiger partial charge in [-0.2, -0.15) is 0 Å². The quantitative estimate of drug-likeness (QED) is 0.877. The van der Waals surface area contributed by atoms with Crippen molar-refractivity contribution in [3.8, 4) is 5.75 Å². The van der Waals surface area contributed by atoms with Crippen molar-refractivity contribution >= 4 is 0 Å². The Morgan fingerprint density at radius 1 is 1.26 bits per heavy atom. The highest BCUT2D eigenvalue weighted by Crippen LogP contribution is 2.26. The molecule has 3 heteroatoms. The van der Waals surface area contributed by atoms with Gasteiger partial charge in [0.2, 0.25) is 0 Å². The molecule has 0 atom stereocenters. The van der Waals surface area contributed by atoms with Crippen molar-refractivity contribution in [2.24, 2.45) is 5.73 Å². The monoisotopic (exact) mass is 262 g/mol. The molecule has 0 spiro atoms. The molecule has 0 bridgehead atoms. The summed E-state index contributed by atoms with van der Waals surface area (Å²) in [6.07, 6.45) is 4.62. The molecule has 106 valence electrons. The fraction of sp³-hybridized carbons (Fsp3) is 0.625. The molecule has 1 aliphatic rings. The highest BCUT2D eigenvalue weighted by atomic mass is 16.3. The maximum absolute atomic E-state index is 9.97. The molecule has 0 saturated heterocycles. The van der Waals surface area contributed by atoms with Gasteiger partial charge in [0, 0.05) is 24.2 Å². The Bertz CT molecular complexity index is 411. The Labute approximate surface area is 116 Å². The van der Waals surface area contributed by atoms with Crippen LogP contribution in [-0.4, -0.2) is 28.6 Å². The van der Waals surface area contributed by atoms with Crippen LogP contribution in [0.25, 0.3) is 0 Å². The zero-order valence-electron chi connectivity index (χ0n) is 12.1. The number of aryl methyl sites for hydroxylation is 1. The van der Waals surface area contributed by atoms with E-state index < -0.39 is 0 Å². The molecule has 2 rings (SSSR count). The highest BCUT2D eigenvalue weighted by Gasteiger charge is 2.23. The highest BCUT2D eigenvalue weighted by molar-refractivity contribution is 5.35. The second kappa shape index (κ2) is 6.40. The fourth-order valence-electron chi connectivity index (χ4n) is 3.03. The number of hydrogen-bond acceptors (Lipinski definition) is 3. The summed E-state index contributed by atoms with van der Waals surface area (Å²) in [6.45, 7) is 6.12. The van der Waals surface area contributed by atoms with Gasteiger partial charge in [-0.25, -0.2) is 0 Å². The van der Waals surface area contributed by atoms with E-state index in [-0.39, 0.29) is 0 Å². The van der Waals surface area contributed by atoms with Crippen LogP contribution < -0.4 is 5.73 Å². The first-order valence-electron chi connectivity index (χ1n) is 7.38. The second-order valence-corrected chi connectivity index (χ2v) is 5.76. The molecular weight excluding hydrogens is 236 g/mol. The van der Waals surface area contributed by atoms with E-state index in [0.717, 1.165) is 31.5 Å². The van der Waals surface area contributed by atoms with Crippen LogP contribution in [0, 0.1) is 6.92 Å². The summed E-state index contributed by atoms with van der Waals surface area (Å²) in [5.41, 5.74) is 8.22. The summed E-state index contributed by atoms with van der Waals surface area (Å²) in [6, 6.07) is 6.85. The van der Waals surface area contributed by atoms with Crippen molar-refractivity contribution in [1.29, 1.82) is 0 Å². The minimum absolute atomic E-state index is 0.391. The van der Waals surface area contributed by atoms with Crippen molar-refractivity contribution in [1.82, 2.24) is 4.90 Å². The van der Waals surface area contributed by atoms with Gasteiger partial charge in [-0.1, -0.05) is 24.6 Å². The van der Waals surface area contributed by atoms with E-state index >= 15 is 0 Å². The molecule has 3 N–H and O–H groups in total. The Morgan fingerprint density at radius 2 is 1.95 bits per heavy atom. The SMILES string of the molecule is CCN(Cc1cc(C)ccc1O)C1CCC(N)CC1. The maximum Gasteiger partial charge on any atom is 0.120 e. The molecule has 0 radical (unpaired) electrons. The van der Waals surface area contributed by atoms with Crippen LogP contribution in [0.5, 0.6) is 5.75 Å². The average Bonchev–Trinajstić information content (AvgIpc) is 2.41. The summed E-state index contributed by atoms with van der Waals surface area (Å²) in [7, 11) is 0. The summed E-state index contributed by atoms with van der Waals surface area (Å²) in [4.78, 5) is 2.47. The Morgan fingerprint density at radius 3 is 2.58 bits per heavy atom. The van der Waals surface area contributed by atoms with Crippen LogP contribution in [0.3, 0.4) is 0 Å². The molecule has 0 aromatic heterocycles. The molecule has 19 heavy (non-hydrogen) atoms. The Balaban J connectivity index is 2.04. The van der Waals surface area contributed by atoms with Crippen molar-refractivity contribution < 1.29 is 5.11 Å². The van der Waals surface area contributed by atoms with Crippen LogP contribution in [0.15, 0.2) is 18.2 Å². The first-order chi connectivity index (χ1) is 9.10. The summed E-state index contributed by atoms with van der Waals surface area (Å²) >= 11 is 0. The minimum Gasteiger partial charge on any atom is -0.508 e. The van der Waals surface area contributed by atoms with E-state index in [2.05, 4.69) is 24.8 Å². The lowest BCUT2D eigenvalue weighted by atomic mass is 9.90. The predicted octanol–water partition coefficient (Wildman–Crippen LogP) is 2.79. The first kappa shape index (κ1) is 14.4. The van der Waals surface area contributed by atoms with Gasteiger partial charge in [-0.3, -0.25) is 4.90 Å². The van der Waals surface area contributed by atoms with Crippen molar-refractivity contribution in [2.45, 2.75) is 58.2 Å². The van der Waals surface area contributed by atoms with Crippen LogP contribution in [-0.2, 0) is 6.54 Å². The number of phenolic OH excluding ortho intramolecular Hbond substituents is 1. The number of aromatic hydroxyl groups is 1. The van der Waals surface area contributed by atoms with E-state index in [1.165, 1.54) is 18.4 Å². The van der Waals surface area contributed by atoms with E-state index in [0.29, 0.717) is 17.8 Å². The number of rotatable bonds is 4. The summed E-state index contributed by atoms with van der Waals surface area (Å²) in [5, 5.41) is 9.97.